The van der Waals surface area contributed by atoms with E-state index in [1.165, 1.54) is 17.0 Å². The average molecular weight is 432 g/mol. The predicted octanol–water partition coefficient (Wildman–Crippen LogP) is 5.04. The molecular weight excluding hydrogens is 408 g/mol. The number of benzene rings is 1. The molecule has 0 aliphatic heterocycles. The van der Waals surface area contributed by atoms with E-state index in [-0.39, 0.29) is 22.4 Å². The molecular formula is C22H23F2N3O2S. The van der Waals surface area contributed by atoms with Gasteiger partial charge >= 0.3 is 0 Å². The van der Waals surface area contributed by atoms with Gasteiger partial charge in [0.25, 0.3) is 0 Å². The van der Waals surface area contributed by atoms with Gasteiger partial charge in [0.15, 0.2) is 6.29 Å². The Balaban J connectivity index is 0.000000171. The van der Waals surface area contributed by atoms with Crippen LogP contribution in [0, 0.1) is 11.6 Å². The molecule has 4 rings (SSSR count). The Morgan fingerprint density at radius 1 is 1.17 bits per heavy atom. The minimum absolute atomic E-state index is 0.0823. The van der Waals surface area contributed by atoms with E-state index in [9.17, 15) is 18.7 Å². The van der Waals surface area contributed by atoms with Gasteiger partial charge in [-0.1, -0.05) is 6.07 Å². The number of carbonyl (C=O) groups is 1. The zero-order chi connectivity index (χ0) is 21.5. The molecule has 1 aliphatic rings. The maximum absolute atomic E-state index is 13.3. The molecule has 0 radical (unpaired) electrons. The molecule has 0 spiro atoms. The van der Waals surface area contributed by atoms with Crippen LogP contribution in [0.5, 0.6) is 0 Å². The monoisotopic (exact) mass is 431 g/mol. The molecule has 1 saturated carbocycles. The Bertz CT molecular complexity index is 968. The van der Waals surface area contributed by atoms with Crippen molar-refractivity contribution in [2.24, 2.45) is 0 Å². The number of hydrogen-bond acceptors (Lipinski definition) is 6. The van der Waals surface area contributed by atoms with Crippen molar-refractivity contribution >= 4 is 23.3 Å². The van der Waals surface area contributed by atoms with Crippen LogP contribution in [0.15, 0.2) is 42.0 Å². The summed E-state index contributed by atoms with van der Waals surface area (Å²) in [6.45, 7) is 0. The number of hydrogen-bond donors (Lipinski definition) is 2. The number of pyridine rings is 1. The second-order valence-electron chi connectivity index (χ2n) is 7.01. The first kappa shape index (κ1) is 22.0. The Labute approximate surface area is 177 Å². The minimum atomic E-state index is -0.679. The van der Waals surface area contributed by atoms with Crippen LogP contribution in [0.2, 0.25) is 0 Å². The number of halogens is 2. The average Bonchev–Trinajstić information content (AvgIpc) is 3.23. The van der Waals surface area contributed by atoms with Gasteiger partial charge in [-0.3, -0.25) is 9.78 Å². The summed E-state index contributed by atoms with van der Waals surface area (Å²) in [5, 5.41) is 14.3. The quantitative estimate of drug-likeness (QED) is 0.566. The highest BCUT2D eigenvalue weighted by atomic mass is 32.1. The van der Waals surface area contributed by atoms with Crippen molar-refractivity contribution in [1.82, 2.24) is 9.97 Å². The molecule has 3 aromatic rings. The molecule has 2 heterocycles. The van der Waals surface area contributed by atoms with Gasteiger partial charge in [0.05, 0.1) is 23.6 Å². The number of carbonyl (C=O) groups excluding carboxylic acids is 1. The normalized spacial score (nSPS) is 18.3. The molecule has 2 aromatic heterocycles. The fourth-order valence-corrected chi connectivity index (χ4v) is 4.33. The largest absolute Gasteiger partial charge is 0.393 e. The Morgan fingerprint density at radius 3 is 2.47 bits per heavy atom. The van der Waals surface area contributed by atoms with E-state index in [2.05, 4.69) is 21.4 Å². The number of aliphatic hydroxyl groups excluding tert-OH is 1. The molecule has 1 aliphatic carbocycles. The summed E-state index contributed by atoms with van der Waals surface area (Å²) in [5.41, 5.74) is 2.46. The third-order valence-corrected chi connectivity index (χ3v) is 5.96. The standard InChI is InChI=1S/C12H18N2O.C10H5F2NOS/c1-13-12-8-14-7-6-11(12)9-2-4-10(15)5-3-9;11-7-2-1-3-8(12)9(7)10-13-6(4-14)5-15-10/h6-10,13,15H,2-5H2,1H3;1-5H. The number of anilines is 1. The summed E-state index contributed by atoms with van der Waals surface area (Å²) in [4.78, 5) is 18.3. The lowest BCUT2D eigenvalue weighted by Gasteiger charge is -2.26. The SMILES string of the molecule is CNc1cnccc1C1CCC(O)CC1.O=Cc1csc(-c2c(F)cccc2F)n1. The Hall–Kier alpha value is -2.71. The van der Waals surface area contributed by atoms with Crippen LogP contribution in [-0.4, -0.2) is 34.5 Å². The van der Waals surface area contributed by atoms with Crippen molar-refractivity contribution < 1.29 is 18.7 Å². The second kappa shape index (κ2) is 10.4. The zero-order valence-electron chi connectivity index (χ0n) is 16.5. The summed E-state index contributed by atoms with van der Waals surface area (Å²) in [6.07, 6.45) is 8.20. The van der Waals surface area contributed by atoms with Gasteiger partial charge < -0.3 is 10.4 Å². The van der Waals surface area contributed by atoms with Gasteiger partial charge in [0.2, 0.25) is 0 Å². The number of nitrogens with one attached hydrogen (secondary N) is 1. The first-order valence-electron chi connectivity index (χ1n) is 9.68. The van der Waals surface area contributed by atoms with Crippen molar-refractivity contribution in [1.29, 1.82) is 0 Å². The molecule has 30 heavy (non-hydrogen) atoms. The van der Waals surface area contributed by atoms with Gasteiger partial charge in [0.1, 0.15) is 22.3 Å². The van der Waals surface area contributed by atoms with Gasteiger partial charge in [-0.25, -0.2) is 13.8 Å². The molecule has 2 N–H and O–H groups in total. The highest BCUT2D eigenvalue weighted by molar-refractivity contribution is 7.13. The van der Waals surface area contributed by atoms with E-state index >= 15 is 0 Å². The highest BCUT2D eigenvalue weighted by Crippen LogP contribution is 2.35. The van der Waals surface area contributed by atoms with Gasteiger partial charge in [-0.05, 0) is 55.4 Å². The number of nitrogens with zero attached hydrogens (tertiary/aromatic N) is 2. The minimum Gasteiger partial charge on any atom is -0.393 e. The maximum Gasteiger partial charge on any atom is 0.169 e. The molecule has 8 heteroatoms. The molecule has 0 amide bonds. The summed E-state index contributed by atoms with van der Waals surface area (Å²) in [5.74, 6) is -0.776. The van der Waals surface area contributed by atoms with Gasteiger partial charge in [-0.15, -0.1) is 11.3 Å². The lowest BCUT2D eigenvalue weighted by Crippen LogP contribution is -2.17. The number of thiazole rings is 1. The molecule has 1 aromatic carbocycles. The van der Waals surface area contributed by atoms with Crippen LogP contribution in [0.3, 0.4) is 0 Å². The molecule has 0 atom stereocenters. The first-order chi connectivity index (χ1) is 14.5. The summed E-state index contributed by atoms with van der Waals surface area (Å²) >= 11 is 1.03. The van der Waals surface area contributed by atoms with Crippen LogP contribution in [0.4, 0.5) is 14.5 Å². The first-order valence-corrected chi connectivity index (χ1v) is 10.6. The predicted molar refractivity (Wildman–Crippen MR) is 114 cm³/mol. The number of aliphatic hydroxyl groups is 1. The van der Waals surface area contributed by atoms with Crippen LogP contribution < -0.4 is 5.32 Å². The third-order valence-electron chi connectivity index (χ3n) is 5.08. The molecule has 158 valence electrons. The van der Waals surface area contributed by atoms with E-state index in [0.717, 1.165) is 54.8 Å². The van der Waals surface area contributed by atoms with Crippen molar-refractivity contribution in [3.8, 4) is 10.6 Å². The Kier molecular flexibility index (Phi) is 7.59. The van der Waals surface area contributed by atoms with E-state index in [0.29, 0.717) is 12.2 Å². The summed E-state index contributed by atoms with van der Waals surface area (Å²) in [6, 6.07) is 5.68. The van der Waals surface area contributed by atoms with Gasteiger partial charge in [0, 0.05) is 18.6 Å². The summed E-state index contributed by atoms with van der Waals surface area (Å²) in [7, 11) is 1.93. The van der Waals surface area contributed by atoms with Crippen molar-refractivity contribution in [3.05, 3.63) is 64.9 Å². The summed E-state index contributed by atoms with van der Waals surface area (Å²) < 4.78 is 26.6. The fraction of sp³-hybridized carbons (Fsp3) is 0.318. The second-order valence-corrected chi connectivity index (χ2v) is 7.87. The number of aromatic nitrogens is 2. The van der Waals surface area contributed by atoms with Crippen LogP contribution in [0.25, 0.3) is 10.6 Å². The zero-order valence-corrected chi connectivity index (χ0v) is 17.3. The Morgan fingerprint density at radius 2 is 1.87 bits per heavy atom. The lowest BCUT2D eigenvalue weighted by molar-refractivity contribution is 0.111. The number of aldehydes is 1. The van der Waals surface area contributed by atoms with Crippen LogP contribution in [0.1, 0.15) is 47.7 Å². The topological polar surface area (TPSA) is 75.1 Å². The van der Waals surface area contributed by atoms with Gasteiger partial charge in [-0.2, -0.15) is 0 Å². The van der Waals surface area contributed by atoms with E-state index in [4.69, 9.17) is 0 Å². The highest BCUT2D eigenvalue weighted by Gasteiger charge is 2.22. The van der Waals surface area contributed by atoms with E-state index < -0.39 is 11.6 Å². The molecule has 0 bridgehead atoms. The van der Waals surface area contributed by atoms with E-state index in [1.807, 2.05) is 19.4 Å². The maximum atomic E-state index is 13.3. The molecule has 5 nitrogen and oxygen atoms in total. The molecule has 0 unspecified atom stereocenters. The van der Waals surface area contributed by atoms with Crippen LogP contribution in [-0.2, 0) is 0 Å². The lowest BCUT2D eigenvalue weighted by atomic mass is 9.82. The fourth-order valence-electron chi connectivity index (χ4n) is 3.51. The van der Waals surface area contributed by atoms with Crippen LogP contribution >= 0.6 is 11.3 Å². The van der Waals surface area contributed by atoms with Crippen molar-refractivity contribution in [3.63, 3.8) is 0 Å². The smallest absolute Gasteiger partial charge is 0.169 e. The molecule has 1 fully saturated rings. The molecule has 0 saturated heterocycles. The van der Waals surface area contributed by atoms with Crippen molar-refractivity contribution in [2.45, 2.75) is 37.7 Å². The number of rotatable bonds is 4. The van der Waals surface area contributed by atoms with E-state index in [1.54, 1.807) is 0 Å². The van der Waals surface area contributed by atoms with Crippen molar-refractivity contribution in [2.75, 3.05) is 12.4 Å². The third kappa shape index (κ3) is 5.25.